The molecule has 0 radical (unpaired) electrons. The summed E-state index contributed by atoms with van der Waals surface area (Å²) in [5.74, 6) is -0.601. The molecule has 0 saturated carbocycles. The molecular weight excluding hydrogens is 276 g/mol. The fourth-order valence-electron chi connectivity index (χ4n) is 1.38. The van der Waals surface area contributed by atoms with Crippen molar-refractivity contribution in [3.63, 3.8) is 0 Å². The molecule has 0 aliphatic carbocycles. The summed E-state index contributed by atoms with van der Waals surface area (Å²) in [5.41, 5.74) is 0.101. The van der Waals surface area contributed by atoms with Crippen molar-refractivity contribution in [1.82, 2.24) is 4.98 Å². The summed E-state index contributed by atoms with van der Waals surface area (Å²) in [5, 5.41) is 10.8. The van der Waals surface area contributed by atoms with Gasteiger partial charge in [0.05, 0.1) is 10.8 Å². The van der Waals surface area contributed by atoms with Crippen LogP contribution in [0, 0.1) is 10.1 Å². The first kappa shape index (κ1) is 12.8. The van der Waals surface area contributed by atoms with Gasteiger partial charge in [0.15, 0.2) is 0 Å². The monoisotopic (exact) mass is 286 g/mol. The highest BCUT2D eigenvalue weighted by Crippen LogP contribution is 2.28. The topological polar surface area (TPSA) is 73.1 Å². The first-order chi connectivity index (χ1) is 7.47. The van der Waals surface area contributed by atoms with Crippen LogP contribution in [-0.2, 0) is 4.79 Å². The van der Waals surface area contributed by atoms with Crippen LogP contribution in [0.1, 0.15) is 31.9 Å². The van der Waals surface area contributed by atoms with Crippen LogP contribution >= 0.6 is 15.9 Å². The average Bonchev–Trinajstić information content (AvgIpc) is 2.26. The first-order valence-electron chi connectivity index (χ1n) is 4.80. The lowest BCUT2D eigenvalue weighted by Crippen LogP contribution is -2.11. The average molecular weight is 287 g/mol. The maximum Gasteiger partial charge on any atom is 0.292 e. The van der Waals surface area contributed by atoms with Gasteiger partial charge < -0.3 is 0 Å². The first-order valence-corrected chi connectivity index (χ1v) is 5.59. The maximum atomic E-state index is 11.5. The predicted molar refractivity (Wildman–Crippen MR) is 62.3 cm³/mol. The SMILES string of the molecule is CCC(=O)C(C)c1ncc(Br)cc1[N+](=O)[O-]. The van der Waals surface area contributed by atoms with Crippen LogP contribution in [0.25, 0.3) is 0 Å². The molecule has 0 N–H and O–H groups in total. The number of halogens is 1. The van der Waals surface area contributed by atoms with Crippen LogP contribution in [0.3, 0.4) is 0 Å². The van der Waals surface area contributed by atoms with E-state index in [-0.39, 0.29) is 17.2 Å². The molecular formula is C10H11BrN2O3. The van der Waals surface area contributed by atoms with Crippen molar-refractivity contribution < 1.29 is 9.72 Å². The van der Waals surface area contributed by atoms with Crippen LogP contribution in [0.15, 0.2) is 16.7 Å². The number of hydrogen-bond acceptors (Lipinski definition) is 4. The second-order valence-electron chi connectivity index (χ2n) is 3.36. The molecule has 86 valence electrons. The van der Waals surface area contributed by atoms with E-state index in [0.29, 0.717) is 10.9 Å². The number of carbonyl (C=O) groups excluding carboxylic acids is 1. The summed E-state index contributed by atoms with van der Waals surface area (Å²) in [6.07, 6.45) is 1.80. The fraction of sp³-hybridized carbons (Fsp3) is 0.400. The molecule has 1 aromatic heterocycles. The third kappa shape index (κ3) is 2.63. The quantitative estimate of drug-likeness (QED) is 0.630. The van der Waals surface area contributed by atoms with E-state index in [1.54, 1.807) is 13.8 Å². The van der Waals surface area contributed by atoms with Gasteiger partial charge in [-0.1, -0.05) is 6.92 Å². The zero-order valence-corrected chi connectivity index (χ0v) is 10.5. The third-order valence-electron chi connectivity index (χ3n) is 2.30. The second kappa shape index (κ2) is 5.16. The Bertz CT molecular complexity index is 434. The molecule has 0 fully saturated rings. The van der Waals surface area contributed by atoms with Gasteiger partial charge in [-0.25, -0.2) is 0 Å². The molecule has 1 heterocycles. The van der Waals surface area contributed by atoms with E-state index in [2.05, 4.69) is 20.9 Å². The minimum atomic E-state index is -0.543. The molecule has 0 aromatic carbocycles. The molecule has 16 heavy (non-hydrogen) atoms. The van der Waals surface area contributed by atoms with Crippen molar-refractivity contribution in [1.29, 1.82) is 0 Å². The molecule has 0 saturated heterocycles. The van der Waals surface area contributed by atoms with Crippen molar-refractivity contribution >= 4 is 27.4 Å². The number of aromatic nitrogens is 1. The van der Waals surface area contributed by atoms with Crippen LogP contribution in [-0.4, -0.2) is 15.7 Å². The summed E-state index contributed by atoms with van der Waals surface area (Å²) in [4.78, 5) is 25.8. The highest BCUT2D eigenvalue weighted by atomic mass is 79.9. The summed E-state index contributed by atoms with van der Waals surface area (Å²) in [6.45, 7) is 3.36. The molecule has 1 atom stereocenters. The molecule has 0 bridgehead atoms. The number of rotatable bonds is 4. The lowest BCUT2D eigenvalue weighted by atomic mass is 9.99. The molecule has 1 unspecified atom stereocenters. The highest BCUT2D eigenvalue weighted by Gasteiger charge is 2.24. The van der Waals surface area contributed by atoms with E-state index in [1.807, 2.05) is 0 Å². The van der Waals surface area contributed by atoms with E-state index in [1.165, 1.54) is 12.3 Å². The third-order valence-corrected chi connectivity index (χ3v) is 2.74. The van der Waals surface area contributed by atoms with E-state index in [4.69, 9.17) is 0 Å². The summed E-state index contributed by atoms with van der Waals surface area (Å²) in [6, 6.07) is 1.36. The van der Waals surface area contributed by atoms with Gasteiger partial charge in [0.1, 0.15) is 11.5 Å². The molecule has 1 aromatic rings. The van der Waals surface area contributed by atoms with Gasteiger partial charge in [0, 0.05) is 23.2 Å². The standard InChI is InChI=1S/C10H11BrN2O3/c1-3-9(14)6(2)10-8(13(15)16)4-7(11)5-12-10/h4-6H,3H2,1-2H3. The van der Waals surface area contributed by atoms with Crippen molar-refractivity contribution in [2.24, 2.45) is 0 Å². The molecule has 5 nitrogen and oxygen atoms in total. The number of nitrogens with zero attached hydrogens (tertiary/aromatic N) is 2. The molecule has 1 rings (SSSR count). The van der Waals surface area contributed by atoms with E-state index < -0.39 is 10.8 Å². The maximum absolute atomic E-state index is 11.5. The zero-order chi connectivity index (χ0) is 12.3. The number of Topliss-reactive ketones (excluding diaryl/α,β-unsaturated/α-hetero) is 1. The molecule has 0 aliphatic heterocycles. The lowest BCUT2D eigenvalue weighted by molar-refractivity contribution is -0.386. The molecule has 6 heteroatoms. The normalized spacial score (nSPS) is 12.2. The fourth-order valence-corrected chi connectivity index (χ4v) is 1.70. The Kier molecular flexibility index (Phi) is 4.12. The van der Waals surface area contributed by atoms with E-state index in [9.17, 15) is 14.9 Å². The largest absolute Gasteiger partial charge is 0.299 e. The zero-order valence-electron chi connectivity index (χ0n) is 8.94. The van der Waals surface area contributed by atoms with Crippen molar-refractivity contribution in [2.45, 2.75) is 26.2 Å². The number of nitro groups is 1. The van der Waals surface area contributed by atoms with Crippen LogP contribution in [0.2, 0.25) is 0 Å². The highest BCUT2D eigenvalue weighted by molar-refractivity contribution is 9.10. The number of ketones is 1. The predicted octanol–water partition coefficient (Wildman–Crippen LogP) is 2.83. The van der Waals surface area contributed by atoms with Gasteiger partial charge in [-0.3, -0.25) is 19.9 Å². The number of hydrogen-bond donors (Lipinski definition) is 0. The van der Waals surface area contributed by atoms with Gasteiger partial charge in [0.2, 0.25) is 0 Å². The molecule has 0 aliphatic rings. The Morgan fingerprint density at radius 1 is 1.69 bits per heavy atom. The van der Waals surface area contributed by atoms with Crippen molar-refractivity contribution in [3.8, 4) is 0 Å². The van der Waals surface area contributed by atoms with Gasteiger partial charge in [0.25, 0.3) is 5.69 Å². The summed E-state index contributed by atoms with van der Waals surface area (Å²) < 4.78 is 0.527. The Balaban J connectivity index is 3.22. The van der Waals surface area contributed by atoms with Crippen molar-refractivity contribution in [2.75, 3.05) is 0 Å². The van der Waals surface area contributed by atoms with Crippen molar-refractivity contribution in [3.05, 3.63) is 32.5 Å². The van der Waals surface area contributed by atoms with Crippen LogP contribution < -0.4 is 0 Å². The molecule has 0 spiro atoms. The molecule has 0 amide bonds. The van der Waals surface area contributed by atoms with E-state index >= 15 is 0 Å². The summed E-state index contributed by atoms with van der Waals surface area (Å²) >= 11 is 3.12. The van der Waals surface area contributed by atoms with Gasteiger partial charge in [-0.05, 0) is 22.9 Å². The number of pyridine rings is 1. The smallest absolute Gasteiger partial charge is 0.292 e. The van der Waals surface area contributed by atoms with E-state index in [0.717, 1.165) is 0 Å². The van der Waals surface area contributed by atoms with Crippen LogP contribution in [0.4, 0.5) is 5.69 Å². The van der Waals surface area contributed by atoms with Crippen LogP contribution in [0.5, 0.6) is 0 Å². The Labute approximate surface area is 101 Å². The minimum absolute atomic E-state index is 0.0575. The van der Waals surface area contributed by atoms with Gasteiger partial charge >= 0.3 is 0 Å². The Hall–Kier alpha value is -1.30. The second-order valence-corrected chi connectivity index (χ2v) is 4.27. The Morgan fingerprint density at radius 2 is 2.31 bits per heavy atom. The van der Waals surface area contributed by atoms with Gasteiger partial charge in [-0.2, -0.15) is 0 Å². The minimum Gasteiger partial charge on any atom is -0.299 e. The Morgan fingerprint density at radius 3 is 2.81 bits per heavy atom. The number of carbonyl (C=O) groups is 1. The summed E-state index contributed by atoms with van der Waals surface area (Å²) in [7, 11) is 0. The van der Waals surface area contributed by atoms with Gasteiger partial charge in [-0.15, -0.1) is 0 Å². The lowest BCUT2D eigenvalue weighted by Gasteiger charge is -2.08.